The molecule has 0 spiro atoms. The minimum atomic E-state index is -4.80. The van der Waals surface area contributed by atoms with Gasteiger partial charge in [-0.05, 0) is 31.2 Å². The summed E-state index contributed by atoms with van der Waals surface area (Å²) < 4.78 is 56.0. The molecule has 1 unspecified atom stereocenters. The highest BCUT2D eigenvalue weighted by atomic mass is 35.5. The third-order valence-electron chi connectivity index (χ3n) is 4.39. The lowest BCUT2D eigenvalue weighted by atomic mass is 10.0. The van der Waals surface area contributed by atoms with Crippen LogP contribution in [0.25, 0.3) is 5.69 Å². The van der Waals surface area contributed by atoms with Crippen molar-refractivity contribution >= 4 is 23.3 Å². The third-order valence-corrected chi connectivity index (χ3v) is 4.79. The lowest BCUT2D eigenvalue weighted by molar-refractivity contribution is -0.137. The minimum absolute atomic E-state index is 0.0313. The van der Waals surface area contributed by atoms with Crippen molar-refractivity contribution in [2.24, 2.45) is 4.99 Å². The van der Waals surface area contributed by atoms with Crippen molar-refractivity contribution < 1.29 is 27.5 Å². The van der Waals surface area contributed by atoms with Gasteiger partial charge in [0.15, 0.2) is 11.6 Å². The second-order valence-corrected chi connectivity index (χ2v) is 6.70. The predicted octanol–water partition coefficient (Wildman–Crippen LogP) is 4.08. The van der Waals surface area contributed by atoms with Gasteiger partial charge in [-0.15, -0.1) is 5.10 Å². The molecule has 2 aromatic heterocycles. The Morgan fingerprint density at radius 2 is 2.00 bits per heavy atom. The van der Waals surface area contributed by atoms with Crippen LogP contribution in [0.4, 0.5) is 17.6 Å². The van der Waals surface area contributed by atoms with Gasteiger partial charge in [0.1, 0.15) is 11.7 Å². The van der Waals surface area contributed by atoms with E-state index in [0.717, 1.165) is 22.9 Å². The van der Waals surface area contributed by atoms with Crippen LogP contribution < -0.4 is 0 Å². The van der Waals surface area contributed by atoms with Gasteiger partial charge >= 0.3 is 12.1 Å². The molecule has 0 bridgehead atoms. The van der Waals surface area contributed by atoms with Gasteiger partial charge in [-0.3, -0.25) is 9.98 Å². The molecular formula is C18H10ClF4N5O2. The smallest absolute Gasteiger partial charge is 0.417 e. The number of rotatable bonds is 2. The number of pyridine rings is 1. The van der Waals surface area contributed by atoms with Crippen LogP contribution in [-0.2, 0) is 6.18 Å². The molecule has 1 aromatic carbocycles. The van der Waals surface area contributed by atoms with Crippen molar-refractivity contribution in [1.29, 1.82) is 0 Å². The molecule has 0 radical (unpaired) electrons. The predicted molar refractivity (Wildman–Crippen MR) is 96.6 cm³/mol. The Morgan fingerprint density at radius 1 is 1.27 bits per heavy atom. The molecule has 4 rings (SSSR count). The third kappa shape index (κ3) is 3.11. The topological polar surface area (TPSA) is 93.3 Å². The summed E-state index contributed by atoms with van der Waals surface area (Å²) in [5.41, 5.74) is -2.01. The average molecular weight is 440 g/mol. The van der Waals surface area contributed by atoms with E-state index in [-0.39, 0.29) is 28.5 Å². The first kappa shape index (κ1) is 20.0. The van der Waals surface area contributed by atoms with Gasteiger partial charge in [0.2, 0.25) is 0 Å². The second-order valence-electron chi connectivity index (χ2n) is 6.32. The number of carbonyl (C=O) groups is 1. The van der Waals surface area contributed by atoms with Crippen molar-refractivity contribution in [3.8, 4) is 5.69 Å². The van der Waals surface area contributed by atoms with Crippen molar-refractivity contribution in [2.75, 3.05) is 0 Å². The number of alkyl halides is 3. The Morgan fingerprint density at radius 3 is 2.63 bits per heavy atom. The van der Waals surface area contributed by atoms with Crippen LogP contribution in [0.5, 0.6) is 0 Å². The van der Waals surface area contributed by atoms with Crippen molar-refractivity contribution in [2.45, 2.75) is 19.1 Å². The molecule has 1 N–H and O–H groups in total. The fourth-order valence-electron chi connectivity index (χ4n) is 3.10. The van der Waals surface area contributed by atoms with E-state index in [1.807, 2.05) is 0 Å². The number of nitrogens with zero attached hydrogens (tertiary/aromatic N) is 5. The number of halogens is 5. The van der Waals surface area contributed by atoms with Gasteiger partial charge in [0.05, 0.1) is 22.0 Å². The molecule has 0 amide bonds. The van der Waals surface area contributed by atoms with E-state index >= 15 is 0 Å². The van der Waals surface area contributed by atoms with E-state index < -0.39 is 40.4 Å². The molecule has 12 heteroatoms. The Hall–Kier alpha value is -3.34. The SMILES string of the molecule is CC1N=C(c2ncccc2F)c2c(ccc(C(F)(F)F)c2Cl)-n2nc(C(=O)O)nc21. The standard InChI is InChI=1S/C18H10ClF4N5O2/c1-7-16-26-15(17(29)30)27-28(16)10-5-4-8(18(21,22)23)12(19)11(10)14(25-7)13-9(20)3-2-6-24-13/h2-7H,1H3,(H,29,30). The summed E-state index contributed by atoms with van der Waals surface area (Å²) >= 11 is 6.14. The maximum absolute atomic E-state index is 14.5. The van der Waals surface area contributed by atoms with Crippen LogP contribution in [0.1, 0.15) is 46.2 Å². The van der Waals surface area contributed by atoms with Crippen LogP contribution in [0.15, 0.2) is 35.5 Å². The van der Waals surface area contributed by atoms with E-state index in [2.05, 4.69) is 20.1 Å². The number of hydrogen-bond donors (Lipinski definition) is 1. The molecule has 3 heterocycles. The highest BCUT2D eigenvalue weighted by Gasteiger charge is 2.38. The molecule has 1 aliphatic rings. The van der Waals surface area contributed by atoms with Crippen molar-refractivity contribution in [1.82, 2.24) is 19.7 Å². The fourth-order valence-corrected chi connectivity index (χ4v) is 3.46. The van der Waals surface area contributed by atoms with Gasteiger partial charge in [0, 0.05) is 11.8 Å². The number of aromatic nitrogens is 4. The number of aliphatic imine (C=N–C) groups is 1. The average Bonchev–Trinajstić information content (AvgIpc) is 3.07. The van der Waals surface area contributed by atoms with Crippen molar-refractivity contribution in [3.05, 3.63) is 69.8 Å². The maximum Gasteiger partial charge on any atom is 0.417 e. The van der Waals surface area contributed by atoms with Gasteiger partial charge in [-0.25, -0.2) is 18.9 Å². The highest BCUT2D eigenvalue weighted by molar-refractivity contribution is 6.37. The zero-order valence-corrected chi connectivity index (χ0v) is 15.7. The quantitative estimate of drug-likeness (QED) is 0.607. The van der Waals surface area contributed by atoms with Crippen LogP contribution >= 0.6 is 11.6 Å². The lowest BCUT2D eigenvalue weighted by Crippen LogP contribution is -2.16. The maximum atomic E-state index is 14.5. The number of carboxylic acids is 1. The highest BCUT2D eigenvalue weighted by Crippen LogP contribution is 2.41. The minimum Gasteiger partial charge on any atom is -0.475 e. The summed E-state index contributed by atoms with van der Waals surface area (Å²) in [4.78, 5) is 23.4. The molecule has 1 atom stereocenters. The Bertz CT molecular complexity index is 1220. The largest absolute Gasteiger partial charge is 0.475 e. The zero-order valence-electron chi connectivity index (χ0n) is 14.9. The van der Waals surface area contributed by atoms with Gasteiger partial charge < -0.3 is 5.11 Å². The first-order valence-electron chi connectivity index (χ1n) is 8.39. The normalized spacial score (nSPS) is 15.8. The van der Waals surface area contributed by atoms with E-state index in [9.17, 15) is 27.5 Å². The van der Waals surface area contributed by atoms with Crippen molar-refractivity contribution in [3.63, 3.8) is 0 Å². The van der Waals surface area contributed by atoms with Gasteiger partial charge in [-0.2, -0.15) is 13.2 Å². The summed E-state index contributed by atoms with van der Waals surface area (Å²) in [5.74, 6) is -2.78. The summed E-state index contributed by atoms with van der Waals surface area (Å²) in [6.45, 7) is 1.51. The number of aromatic carboxylic acids is 1. The fraction of sp³-hybridized carbons (Fsp3) is 0.167. The number of benzene rings is 1. The van der Waals surface area contributed by atoms with E-state index in [1.54, 1.807) is 0 Å². The lowest BCUT2D eigenvalue weighted by Gasteiger charge is -2.17. The van der Waals surface area contributed by atoms with E-state index in [1.165, 1.54) is 19.2 Å². The van der Waals surface area contributed by atoms with Gasteiger partial charge in [0.25, 0.3) is 5.82 Å². The molecule has 30 heavy (non-hydrogen) atoms. The molecule has 154 valence electrons. The number of carboxylic acid groups (broad SMARTS) is 1. The molecule has 0 saturated heterocycles. The molecule has 0 fully saturated rings. The number of fused-ring (bicyclic) bond motifs is 3. The number of hydrogen-bond acceptors (Lipinski definition) is 5. The van der Waals surface area contributed by atoms with E-state index in [0.29, 0.717) is 0 Å². The van der Waals surface area contributed by atoms with Gasteiger partial charge in [-0.1, -0.05) is 11.6 Å². The first-order chi connectivity index (χ1) is 14.1. The first-order valence-corrected chi connectivity index (χ1v) is 8.76. The summed E-state index contributed by atoms with van der Waals surface area (Å²) in [7, 11) is 0. The molecule has 3 aromatic rings. The Labute approximate surface area is 170 Å². The second kappa shape index (κ2) is 6.87. The zero-order chi connectivity index (χ0) is 21.8. The molecular weight excluding hydrogens is 430 g/mol. The van der Waals surface area contributed by atoms with Crippen LogP contribution in [0.3, 0.4) is 0 Å². The van der Waals surface area contributed by atoms with Crippen LogP contribution in [0, 0.1) is 5.82 Å². The summed E-state index contributed by atoms with van der Waals surface area (Å²) in [6, 6.07) is 3.30. The molecule has 1 aliphatic heterocycles. The summed E-state index contributed by atoms with van der Waals surface area (Å²) in [6.07, 6.45) is -3.54. The van der Waals surface area contributed by atoms with E-state index in [4.69, 9.17) is 11.6 Å². The van der Waals surface area contributed by atoms with Crippen LogP contribution in [0.2, 0.25) is 5.02 Å². The molecule has 0 aliphatic carbocycles. The summed E-state index contributed by atoms with van der Waals surface area (Å²) in [5, 5.41) is 12.3. The molecule has 7 nitrogen and oxygen atoms in total. The monoisotopic (exact) mass is 439 g/mol. The van der Waals surface area contributed by atoms with Crippen LogP contribution in [-0.4, -0.2) is 36.5 Å². The molecule has 0 saturated carbocycles. The Balaban J connectivity index is 2.11. The Kier molecular flexibility index (Phi) is 4.57.